The fraction of sp³-hybridized carbons (Fsp3) is 0.500. The van der Waals surface area contributed by atoms with Crippen molar-refractivity contribution in [1.82, 2.24) is 4.90 Å². The molecule has 5 heteroatoms. The monoisotopic (exact) mass is 299 g/mol. The highest BCUT2D eigenvalue weighted by atomic mass is 35.5. The Morgan fingerprint density at radius 3 is 2.63 bits per heavy atom. The van der Waals surface area contributed by atoms with E-state index in [0.717, 1.165) is 25.9 Å². The van der Waals surface area contributed by atoms with Crippen LogP contribution in [0.15, 0.2) is 18.2 Å². The zero-order chi connectivity index (χ0) is 13.4. The van der Waals surface area contributed by atoms with Crippen molar-refractivity contribution in [2.75, 3.05) is 19.6 Å². The number of likely N-dealkylation sites (tertiary alicyclic amines) is 1. The number of rotatable bonds is 3. The molecule has 0 radical (unpaired) electrons. The molecule has 2 bridgehead atoms. The number of ether oxygens (including phenoxy) is 1. The van der Waals surface area contributed by atoms with Crippen LogP contribution in [0.25, 0.3) is 0 Å². The number of carbonyl (C=O) groups is 1. The minimum atomic E-state index is 0.0220. The van der Waals surface area contributed by atoms with E-state index in [0.29, 0.717) is 34.4 Å². The molecule has 2 unspecified atom stereocenters. The van der Waals surface area contributed by atoms with Gasteiger partial charge in [-0.15, -0.1) is 0 Å². The summed E-state index contributed by atoms with van der Waals surface area (Å²) < 4.78 is 5.76. The van der Waals surface area contributed by atoms with Crippen molar-refractivity contribution < 1.29 is 9.53 Å². The first-order chi connectivity index (χ1) is 9.11. The predicted octanol–water partition coefficient (Wildman–Crippen LogP) is 3.04. The van der Waals surface area contributed by atoms with Gasteiger partial charge < -0.3 is 4.74 Å². The number of hydrogen-bond acceptors (Lipinski definition) is 3. The van der Waals surface area contributed by atoms with Crippen molar-refractivity contribution in [3.63, 3.8) is 0 Å². The van der Waals surface area contributed by atoms with E-state index >= 15 is 0 Å². The fourth-order valence-corrected chi connectivity index (χ4v) is 3.22. The lowest BCUT2D eigenvalue weighted by Crippen LogP contribution is -2.44. The molecule has 0 N–H and O–H groups in total. The molecular weight excluding hydrogens is 285 g/mol. The summed E-state index contributed by atoms with van der Waals surface area (Å²) in [5, 5.41) is 1.00. The minimum Gasteiger partial charge on any atom is -0.372 e. The summed E-state index contributed by atoms with van der Waals surface area (Å²) >= 11 is 12.0. The molecule has 2 heterocycles. The second-order valence-corrected chi connectivity index (χ2v) is 6.04. The van der Waals surface area contributed by atoms with Crippen LogP contribution in [0.1, 0.15) is 23.2 Å². The molecular formula is C14H15Cl2NO2. The van der Waals surface area contributed by atoms with Gasteiger partial charge in [0, 0.05) is 23.7 Å². The van der Waals surface area contributed by atoms with Crippen molar-refractivity contribution in [3.8, 4) is 0 Å². The standard InChI is InChI=1S/C14H15Cl2NO2/c15-9-1-4-13(16)12(5-9)14(18)8-17-6-10-2-3-11(7-17)19-10/h1,4-5,10-11H,2-3,6-8H2. The van der Waals surface area contributed by atoms with Crippen LogP contribution < -0.4 is 0 Å². The van der Waals surface area contributed by atoms with Gasteiger partial charge in [-0.05, 0) is 31.0 Å². The summed E-state index contributed by atoms with van der Waals surface area (Å²) in [5.41, 5.74) is 0.507. The fourth-order valence-electron chi connectivity index (χ4n) is 2.83. The summed E-state index contributed by atoms with van der Waals surface area (Å²) in [6, 6.07) is 5.00. The third-order valence-corrected chi connectivity index (χ3v) is 4.28. The first-order valence-corrected chi connectivity index (χ1v) is 7.23. The maximum Gasteiger partial charge on any atom is 0.178 e. The molecule has 3 nitrogen and oxygen atoms in total. The van der Waals surface area contributed by atoms with Gasteiger partial charge in [0.15, 0.2) is 5.78 Å². The van der Waals surface area contributed by atoms with Crippen LogP contribution in [-0.2, 0) is 4.74 Å². The molecule has 1 aromatic rings. The number of hydrogen-bond donors (Lipinski definition) is 0. The molecule has 19 heavy (non-hydrogen) atoms. The highest BCUT2D eigenvalue weighted by Gasteiger charge is 2.34. The van der Waals surface area contributed by atoms with Crippen LogP contribution in [0.4, 0.5) is 0 Å². The lowest BCUT2D eigenvalue weighted by atomic mass is 10.1. The quantitative estimate of drug-likeness (QED) is 0.804. The molecule has 0 amide bonds. The summed E-state index contributed by atoms with van der Waals surface area (Å²) in [5.74, 6) is 0.0220. The van der Waals surface area contributed by atoms with Gasteiger partial charge in [0.1, 0.15) is 0 Å². The highest BCUT2D eigenvalue weighted by molar-refractivity contribution is 6.36. The summed E-state index contributed by atoms with van der Waals surface area (Å²) in [4.78, 5) is 14.5. The first-order valence-electron chi connectivity index (χ1n) is 6.48. The third kappa shape index (κ3) is 2.95. The Morgan fingerprint density at radius 1 is 1.26 bits per heavy atom. The number of Topliss-reactive ketones (excluding diaryl/α,β-unsaturated/α-hetero) is 1. The third-order valence-electron chi connectivity index (χ3n) is 3.72. The topological polar surface area (TPSA) is 29.5 Å². The summed E-state index contributed by atoms with van der Waals surface area (Å²) in [6.45, 7) is 2.05. The van der Waals surface area contributed by atoms with E-state index < -0.39 is 0 Å². The maximum absolute atomic E-state index is 12.3. The molecule has 2 aliphatic rings. The molecule has 0 spiro atoms. The van der Waals surface area contributed by atoms with Crippen LogP contribution in [0.5, 0.6) is 0 Å². The Labute approximate surface area is 122 Å². The molecule has 2 atom stereocenters. The Bertz CT molecular complexity index is 494. The lowest BCUT2D eigenvalue weighted by Gasteiger charge is -2.31. The second kappa shape index (κ2) is 5.41. The second-order valence-electron chi connectivity index (χ2n) is 5.20. The van der Waals surface area contributed by atoms with Crippen molar-refractivity contribution >= 4 is 29.0 Å². The zero-order valence-corrected chi connectivity index (χ0v) is 12.0. The van der Waals surface area contributed by atoms with Gasteiger partial charge in [-0.1, -0.05) is 23.2 Å². The first kappa shape index (κ1) is 13.4. The molecule has 1 aromatic carbocycles. The molecule has 0 aromatic heterocycles. The van der Waals surface area contributed by atoms with Crippen LogP contribution in [0.3, 0.4) is 0 Å². The Balaban J connectivity index is 1.69. The van der Waals surface area contributed by atoms with Gasteiger partial charge in [-0.3, -0.25) is 9.69 Å². The van der Waals surface area contributed by atoms with Gasteiger partial charge in [0.05, 0.1) is 23.8 Å². The minimum absolute atomic E-state index is 0.0220. The van der Waals surface area contributed by atoms with Gasteiger partial charge in [-0.2, -0.15) is 0 Å². The molecule has 2 fully saturated rings. The van der Waals surface area contributed by atoms with Crippen LogP contribution in [0.2, 0.25) is 10.0 Å². The van der Waals surface area contributed by atoms with Crippen LogP contribution in [0, 0.1) is 0 Å². The van der Waals surface area contributed by atoms with E-state index in [1.807, 2.05) is 0 Å². The van der Waals surface area contributed by atoms with E-state index in [-0.39, 0.29) is 5.78 Å². The van der Waals surface area contributed by atoms with E-state index in [1.54, 1.807) is 18.2 Å². The van der Waals surface area contributed by atoms with Crippen LogP contribution in [-0.4, -0.2) is 42.5 Å². The Morgan fingerprint density at radius 2 is 1.95 bits per heavy atom. The number of morpholine rings is 1. The van der Waals surface area contributed by atoms with E-state index in [2.05, 4.69) is 4.90 Å². The summed E-state index contributed by atoms with van der Waals surface area (Å²) in [7, 11) is 0. The lowest BCUT2D eigenvalue weighted by molar-refractivity contribution is -0.0355. The van der Waals surface area contributed by atoms with Crippen LogP contribution >= 0.6 is 23.2 Å². The van der Waals surface area contributed by atoms with Gasteiger partial charge in [0.25, 0.3) is 0 Å². The van der Waals surface area contributed by atoms with Crippen molar-refractivity contribution in [3.05, 3.63) is 33.8 Å². The highest BCUT2D eigenvalue weighted by Crippen LogP contribution is 2.27. The van der Waals surface area contributed by atoms with E-state index in [9.17, 15) is 4.79 Å². The molecule has 2 aliphatic heterocycles. The van der Waals surface area contributed by atoms with E-state index in [4.69, 9.17) is 27.9 Å². The predicted molar refractivity (Wildman–Crippen MR) is 75.1 cm³/mol. The average Bonchev–Trinajstić information content (AvgIpc) is 2.71. The van der Waals surface area contributed by atoms with Gasteiger partial charge >= 0.3 is 0 Å². The number of fused-ring (bicyclic) bond motifs is 2. The zero-order valence-electron chi connectivity index (χ0n) is 10.4. The Kier molecular flexibility index (Phi) is 3.81. The van der Waals surface area contributed by atoms with Gasteiger partial charge in [0.2, 0.25) is 0 Å². The molecule has 0 aliphatic carbocycles. The van der Waals surface area contributed by atoms with Crippen molar-refractivity contribution in [1.29, 1.82) is 0 Å². The normalized spacial score (nSPS) is 26.6. The number of nitrogens with zero attached hydrogens (tertiary/aromatic N) is 1. The smallest absolute Gasteiger partial charge is 0.178 e. The van der Waals surface area contributed by atoms with Gasteiger partial charge in [-0.25, -0.2) is 0 Å². The average molecular weight is 300 g/mol. The molecule has 0 saturated carbocycles. The number of carbonyl (C=O) groups excluding carboxylic acids is 1. The number of halogens is 2. The molecule has 102 valence electrons. The molecule has 2 saturated heterocycles. The molecule has 3 rings (SSSR count). The number of ketones is 1. The maximum atomic E-state index is 12.3. The summed E-state index contributed by atoms with van der Waals surface area (Å²) in [6.07, 6.45) is 2.79. The largest absolute Gasteiger partial charge is 0.372 e. The van der Waals surface area contributed by atoms with E-state index in [1.165, 1.54) is 0 Å². The number of benzene rings is 1. The Hall–Kier alpha value is -0.610. The SMILES string of the molecule is O=C(CN1CC2CCC(C1)O2)c1cc(Cl)ccc1Cl. The van der Waals surface area contributed by atoms with Crippen molar-refractivity contribution in [2.24, 2.45) is 0 Å². The van der Waals surface area contributed by atoms with Crippen molar-refractivity contribution in [2.45, 2.75) is 25.0 Å².